The molecular formula is C39H67B5N13O9+3. The van der Waals surface area contributed by atoms with Crippen LogP contribution in [0.2, 0.25) is 31.6 Å². The monoisotopic (exact) mass is 917 g/mol. The molecule has 0 spiro atoms. The minimum absolute atomic E-state index is 0.0300. The van der Waals surface area contributed by atoms with Gasteiger partial charge in [0.05, 0.1) is 119 Å². The van der Waals surface area contributed by atoms with Crippen LogP contribution in [0.4, 0.5) is 0 Å². The highest BCUT2D eigenvalue weighted by Gasteiger charge is 2.43. The Morgan fingerprint density at radius 3 is 1.20 bits per heavy atom. The van der Waals surface area contributed by atoms with Gasteiger partial charge in [0, 0.05) is 33.2 Å². The number of rotatable bonds is 25. The van der Waals surface area contributed by atoms with Gasteiger partial charge in [-0.3, -0.25) is 43.2 Å². The van der Waals surface area contributed by atoms with Crippen molar-refractivity contribution in [2.75, 3.05) is 127 Å². The van der Waals surface area contributed by atoms with Crippen molar-refractivity contribution < 1.29 is 57.9 Å². The number of likely N-dealkylation sites (N-methyl/N-ethyl adjacent to an activating group) is 5. The van der Waals surface area contributed by atoms with Crippen molar-refractivity contribution in [3.05, 3.63) is 0 Å². The van der Waals surface area contributed by atoms with Gasteiger partial charge >= 0.3 is 0 Å². The zero-order chi connectivity index (χ0) is 49.2. The smallest absolute Gasteiger partial charge is 0.240 e. The van der Waals surface area contributed by atoms with Crippen LogP contribution < -0.4 is 41.3 Å². The zero-order valence-corrected chi connectivity index (χ0v) is 39.2. The Hall–Kier alpha value is -4.61. The Labute approximate surface area is 395 Å². The Morgan fingerprint density at radius 2 is 0.818 bits per heavy atom. The van der Waals surface area contributed by atoms with E-state index in [0.717, 1.165) is 16.3 Å². The summed E-state index contributed by atoms with van der Waals surface area (Å²) < 4.78 is 0. The van der Waals surface area contributed by atoms with E-state index in [1.807, 2.05) is 21.1 Å². The van der Waals surface area contributed by atoms with Gasteiger partial charge in [-0.05, 0) is 38.6 Å². The lowest BCUT2D eigenvalue weighted by Crippen LogP contribution is -3.07. The highest BCUT2D eigenvalue weighted by atomic mass is 16.2. The molecule has 3 aliphatic heterocycles. The molecule has 8 N–H and O–H groups in total. The van der Waals surface area contributed by atoms with Crippen molar-refractivity contribution >= 4 is 92.4 Å². The molecule has 0 aromatic rings. The molecule has 0 aromatic heterocycles. The third-order valence-electron chi connectivity index (χ3n) is 12.5. The molecule has 3 heterocycles. The summed E-state index contributed by atoms with van der Waals surface area (Å²) in [4.78, 5) is 127. The van der Waals surface area contributed by atoms with E-state index in [1.165, 1.54) is 29.4 Å². The number of nitrogens with zero attached hydrogens (tertiary/aromatic N) is 5. The predicted molar refractivity (Wildman–Crippen MR) is 246 cm³/mol. The Bertz CT molecular complexity index is 1730. The van der Waals surface area contributed by atoms with Crippen molar-refractivity contribution in [2.45, 2.75) is 67.9 Å². The lowest BCUT2D eigenvalue weighted by molar-refractivity contribution is -0.867. The molecule has 10 radical (unpaired) electrons. The molecule has 3 rings (SSSR count). The fourth-order valence-corrected chi connectivity index (χ4v) is 9.05. The molecule has 9 amide bonds. The van der Waals surface area contributed by atoms with Crippen molar-refractivity contribution in [1.82, 2.24) is 51.1 Å². The van der Waals surface area contributed by atoms with Crippen LogP contribution in [0.1, 0.15) is 0 Å². The molecular weight excluding hydrogens is 849 g/mol. The average molecular weight is 916 g/mol. The SMILES string of the molecule is [B]CC(=O)N(CCNC(=O)CN(C(=O)C[B])[C@H]1C[NH+](C)C[C@@H]1NC(=O)CN(CCNC(=O)CN(C(=O)C[B])[C@H]1C[NH+](C)C[C@@H]1NC)C(=O)C[B])CC(=O)N[C@H]1C[NH+](C)C[C@@H]1N(C)C(=O)C[B]. The summed E-state index contributed by atoms with van der Waals surface area (Å²) in [5.74, 6) is -4.37. The first-order valence-corrected chi connectivity index (χ1v) is 22.4. The van der Waals surface area contributed by atoms with E-state index < -0.39 is 79.2 Å². The van der Waals surface area contributed by atoms with Crippen LogP contribution >= 0.6 is 0 Å². The fraction of sp³-hybridized carbons (Fsp3) is 0.769. The largest absolute Gasteiger partial charge is 0.353 e. The van der Waals surface area contributed by atoms with E-state index in [0.29, 0.717) is 32.7 Å². The number of carbonyl (C=O) groups excluding carboxylic acids is 9. The van der Waals surface area contributed by atoms with E-state index >= 15 is 0 Å². The summed E-state index contributed by atoms with van der Waals surface area (Å²) in [7, 11) is 37.5. The van der Waals surface area contributed by atoms with Crippen molar-refractivity contribution in [1.29, 1.82) is 0 Å². The second-order valence-electron chi connectivity index (χ2n) is 17.4. The van der Waals surface area contributed by atoms with Gasteiger partial charge in [0.1, 0.15) is 43.3 Å². The molecule has 22 nitrogen and oxygen atoms in total. The lowest BCUT2D eigenvalue weighted by Gasteiger charge is -2.31. The van der Waals surface area contributed by atoms with Crippen molar-refractivity contribution in [3.63, 3.8) is 0 Å². The van der Waals surface area contributed by atoms with Crippen LogP contribution in [0, 0.1) is 0 Å². The molecule has 0 bridgehead atoms. The van der Waals surface area contributed by atoms with Gasteiger partial charge in [-0.15, -0.1) is 0 Å². The van der Waals surface area contributed by atoms with Crippen molar-refractivity contribution in [3.8, 4) is 0 Å². The molecule has 3 fully saturated rings. The minimum Gasteiger partial charge on any atom is -0.353 e. The first kappa shape index (κ1) is 55.7. The van der Waals surface area contributed by atoms with E-state index in [-0.39, 0.29) is 94.2 Å². The average Bonchev–Trinajstić information content (AvgIpc) is 3.98. The van der Waals surface area contributed by atoms with Gasteiger partial charge in [0.2, 0.25) is 53.2 Å². The highest BCUT2D eigenvalue weighted by Crippen LogP contribution is 2.12. The lowest BCUT2D eigenvalue weighted by atomic mass is 10.0. The van der Waals surface area contributed by atoms with Crippen LogP contribution in [-0.4, -0.2) is 280 Å². The molecule has 27 heteroatoms. The molecule has 0 saturated carbocycles. The first-order chi connectivity index (χ1) is 31.3. The minimum atomic E-state index is -0.671. The predicted octanol–water partition coefficient (Wildman–Crippen LogP) is -11.8. The van der Waals surface area contributed by atoms with E-state index in [1.54, 1.807) is 14.1 Å². The summed E-state index contributed by atoms with van der Waals surface area (Å²) in [6.45, 7) is 1.54. The standard InChI is InChI=1S/C39H64B5N13O9/c1-45-25-15-50(2)19-29(25)56(38(65)13-43)23-31(58)46-6-9-55(37(64)12-42)22-34(61)49-27-17-52(4)20-30(27)57(39(66)14-44)24-32(59)47-7-8-54(36(63)11-41)21-33(60)48-26-16-51(3)18-28(26)53(5)35(62)10-40/h25-30,45H,6-24H2,1-5H3,(H,46,58)(H,47,59)(H,48,60)(H,49,61)/p+3/t25-,26-,27-,28-,29-,30-/m0/s1. The van der Waals surface area contributed by atoms with Crippen molar-refractivity contribution in [2.24, 2.45) is 0 Å². The molecule has 3 saturated heterocycles. The molecule has 0 aliphatic carbocycles. The van der Waals surface area contributed by atoms with Gasteiger partial charge in [-0.1, -0.05) is 0 Å². The molecule has 354 valence electrons. The highest BCUT2D eigenvalue weighted by molar-refractivity contribution is 6.21. The summed E-state index contributed by atoms with van der Waals surface area (Å²) in [6, 6.07) is -2.28. The van der Waals surface area contributed by atoms with E-state index in [9.17, 15) is 43.2 Å². The molecule has 3 unspecified atom stereocenters. The Kier molecular flexibility index (Phi) is 23.0. The van der Waals surface area contributed by atoms with Gasteiger partial charge in [-0.2, -0.15) is 0 Å². The number of nitrogens with one attached hydrogen (secondary N) is 8. The van der Waals surface area contributed by atoms with Crippen LogP contribution in [0.3, 0.4) is 0 Å². The number of quaternary nitrogens is 3. The zero-order valence-electron chi connectivity index (χ0n) is 39.2. The van der Waals surface area contributed by atoms with Gasteiger partial charge in [-0.25, -0.2) is 0 Å². The maximum atomic E-state index is 13.5. The van der Waals surface area contributed by atoms with E-state index in [4.69, 9.17) is 39.2 Å². The van der Waals surface area contributed by atoms with Gasteiger partial charge < -0.3 is 65.8 Å². The second kappa shape index (κ2) is 27.3. The van der Waals surface area contributed by atoms with E-state index in [2.05, 4.69) is 26.6 Å². The molecule has 9 atom stereocenters. The third kappa shape index (κ3) is 16.3. The van der Waals surface area contributed by atoms with Crippen LogP contribution in [-0.2, 0) is 43.2 Å². The number of likely N-dealkylation sites (tertiary alicyclic amines) is 3. The molecule has 3 aliphatic rings. The van der Waals surface area contributed by atoms with Gasteiger partial charge in [0.15, 0.2) is 0 Å². The Balaban J connectivity index is 1.58. The first-order valence-electron chi connectivity index (χ1n) is 22.4. The number of hydrogen-bond acceptors (Lipinski definition) is 10. The normalized spacial score (nSPS) is 24.4. The fourth-order valence-electron chi connectivity index (χ4n) is 9.05. The van der Waals surface area contributed by atoms with Crippen LogP contribution in [0.25, 0.3) is 0 Å². The maximum absolute atomic E-state index is 13.5. The number of hydrogen-bond donors (Lipinski definition) is 8. The summed E-state index contributed by atoms with van der Waals surface area (Å²) in [5.41, 5.74) is 0. The summed E-state index contributed by atoms with van der Waals surface area (Å²) in [5, 5.41) is 14.4. The van der Waals surface area contributed by atoms with Gasteiger partial charge in [0.25, 0.3) is 0 Å². The number of amides is 9. The van der Waals surface area contributed by atoms with Crippen LogP contribution in [0.5, 0.6) is 0 Å². The topological polar surface area (TPSA) is 243 Å². The molecule has 0 aromatic carbocycles. The number of carbonyl (C=O) groups is 9. The molecule has 66 heavy (non-hydrogen) atoms. The summed E-state index contributed by atoms with van der Waals surface area (Å²) in [6.07, 6.45) is -1.66. The third-order valence-corrected chi connectivity index (χ3v) is 12.5. The quantitative estimate of drug-likeness (QED) is 0.0403. The summed E-state index contributed by atoms with van der Waals surface area (Å²) >= 11 is 0. The second-order valence-corrected chi connectivity index (χ2v) is 17.4. The maximum Gasteiger partial charge on any atom is 0.240 e. The Morgan fingerprint density at radius 1 is 0.470 bits per heavy atom. The van der Waals surface area contributed by atoms with Crippen LogP contribution in [0.15, 0.2) is 0 Å².